The molecule has 2 N–H and O–H groups in total. The Kier molecular flexibility index (Phi) is 2.20. The van der Waals surface area contributed by atoms with Gasteiger partial charge in [-0.2, -0.15) is 0 Å². The van der Waals surface area contributed by atoms with Crippen molar-refractivity contribution in [3.05, 3.63) is 34.9 Å². The minimum absolute atomic E-state index is 0.384. The molecule has 2 atom stereocenters. The summed E-state index contributed by atoms with van der Waals surface area (Å²) in [4.78, 5) is 0. The first kappa shape index (κ1) is 10.5. The Bertz CT molecular complexity index is 532. The number of nitrogens with one attached hydrogen (secondary N) is 1. The van der Waals surface area contributed by atoms with Crippen LogP contribution in [0.2, 0.25) is 0 Å². The van der Waals surface area contributed by atoms with E-state index < -0.39 is 0 Å². The lowest BCUT2D eigenvalue weighted by atomic mass is 9.73. The average molecular weight is 241 g/mol. The highest BCUT2D eigenvalue weighted by Gasteiger charge is 2.37. The van der Waals surface area contributed by atoms with Crippen molar-refractivity contribution < 1.29 is 5.11 Å². The lowest BCUT2D eigenvalue weighted by Crippen LogP contribution is -2.36. The van der Waals surface area contributed by atoms with E-state index in [0.29, 0.717) is 5.75 Å². The first-order valence-electron chi connectivity index (χ1n) is 7.12. The molecule has 0 spiro atoms. The topological polar surface area (TPSA) is 32.3 Å². The van der Waals surface area contributed by atoms with Crippen LogP contribution in [-0.2, 0) is 6.42 Å². The highest BCUT2D eigenvalue weighted by molar-refractivity contribution is 5.77. The maximum Gasteiger partial charge on any atom is 0.116 e. The van der Waals surface area contributed by atoms with Crippen molar-refractivity contribution in [2.75, 3.05) is 6.54 Å². The van der Waals surface area contributed by atoms with Gasteiger partial charge in [0.2, 0.25) is 0 Å². The maximum atomic E-state index is 9.67. The summed E-state index contributed by atoms with van der Waals surface area (Å²) in [6.45, 7) is 1.12. The van der Waals surface area contributed by atoms with Gasteiger partial charge in [0.05, 0.1) is 0 Å². The summed E-state index contributed by atoms with van der Waals surface area (Å²) in [5, 5.41) is 13.3. The maximum absolute atomic E-state index is 9.67. The number of benzene rings is 1. The van der Waals surface area contributed by atoms with Gasteiger partial charge in [0, 0.05) is 17.8 Å². The SMILES string of the molecule is Oc1ccc2c(c1)C1=C(C2)C2CCCCC2CN1. The van der Waals surface area contributed by atoms with E-state index in [1.54, 1.807) is 5.57 Å². The minimum Gasteiger partial charge on any atom is -0.508 e. The third-order valence-corrected chi connectivity index (χ3v) is 4.96. The highest BCUT2D eigenvalue weighted by Crippen LogP contribution is 2.46. The summed E-state index contributed by atoms with van der Waals surface area (Å²) in [7, 11) is 0. The Morgan fingerprint density at radius 2 is 2.06 bits per heavy atom. The molecular weight excluding hydrogens is 222 g/mol. The normalized spacial score (nSPS) is 29.3. The second kappa shape index (κ2) is 3.78. The molecule has 0 amide bonds. The lowest BCUT2D eigenvalue weighted by Gasteiger charge is -2.37. The fraction of sp³-hybridized carbons (Fsp3) is 0.500. The van der Waals surface area contributed by atoms with E-state index in [4.69, 9.17) is 0 Å². The lowest BCUT2D eigenvalue weighted by molar-refractivity contribution is 0.258. The molecular formula is C16H19NO. The average Bonchev–Trinajstić information content (AvgIpc) is 2.77. The van der Waals surface area contributed by atoms with Crippen molar-refractivity contribution in [2.24, 2.45) is 11.8 Å². The third-order valence-electron chi connectivity index (χ3n) is 4.96. The monoisotopic (exact) mass is 241 g/mol. The van der Waals surface area contributed by atoms with Crippen LogP contribution in [-0.4, -0.2) is 11.7 Å². The number of hydrogen-bond donors (Lipinski definition) is 2. The fourth-order valence-electron chi connectivity index (χ4n) is 4.09. The van der Waals surface area contributed by atoms with Crippen LogP contribution in [0, 0.1) is 11.8 Å². The molecule has 2 nitrogen and oxygen atoms in total. The molecule has 18 heavy (non-hydrogen) atoms. The van der Waals surface area contributed by atoms with Crippen LogP contribution < -0.4 is 5.32 Å². The number of hydrogen-bond acceptors (Lipinski definition) is 2. The van der Waals surface area contributed by atoms with E-state index in [9.17, 15) is 5.11 Å². The van der Waals surface area contributed by atoms with Crippen molar-refractivity contribution in [2.45, 2.75) is 32.1 Å². The molecule has 2 unspecified atom stereocenters. The largest absolute Gasteiger partial charge is 0.508 e. The molecule has 0 radical (unpaired) electrons. The van der Waals surface area contributed by atoms with Crippen molar-refractivity contribution in [3.8, 4) is 5.75 Å². The second-order valence-electron chi connectivity index (χ2n) is 5.95. The van der Waals surface area contributed by atoms with Gasteiger partial charge >= 0.3 is 0 Å². The van der Waals surface area contributed by atoms with Gasteiger partial charge < -0.3 is 10.4 Å². The standard InChI is InChI=1S/C16H19NO/c18-12-6-5-10-7-15-13-4-2-1-3-11(13)9-17-16(15)14(10)8-12/h5-6,8,11,13,17-18H,1-4,7,9H2. The quantitative estimate of drug-likeness (QED) is 0.731. The predicted octanol–water partition coefficient (Wildman–Crippen LogP) is 3.07. The number of rotatable bonds is 0. The van der Waals surface area contributed by atoms with E-state index in [2.05, 4.69) is 11.4 Å². The zero-order chi connectivity index (χ0) is 12.1. The molecule has 0 saturated heterocycles. The van der Waals surface area contributed by atoms with Gasteiger partial charge in [-0.3, -0.25) is 0 Å². The smallest absolute Gasteiger partial charge is 0.116 e. The molecule has 1 aromatic carbocycles. The Morgan fingerprint density at radius 3 is 3.00 bits per heavy atom. The summed E-state index contributed by atoms with van der Waals surface area (Å²) in [5.41, 5.74) is 5.58. The zero-order valence-corrected chi connectivity index (χ0v) is 10.6. The Morgan fingerprint density at radius 1 is 1.17 bits per heavy atom. The molecule has 94 valence electrons. The van der Waals surface area contributed by atoms with Gasteiger partial charge in [0.15, 0.2) is 0 Å². The number of fused-ring (bicyclic) bond motifs is 4. The van der Waals surface area contributed by atoms with Gasteiger partial charge in [0.1, 0.15) is 5.75 Å². The van der Waals surface area contributed by atoms with Crippen LogP contribution in [0.1, 0.15) is 36.8 Å². The van der Waals surface area contributed by atoms with E-state index in [0.717, 1.165) is 24.8 Å². The van der Waals surface area contributed by atoms with Crippen LogP contribution in [0.15, 0.2) is 23.8 Å². The molecule has 1 heterocycles. The van der Waals surface area contributed by atoms with Gasteiger partial charge in [-0.1, -0.05) is 18.9 Å². The van der Waals surface area contributed by atoms with Gasteiger partial charge in [-0.05, 0) is 54.4 Å². The molecule has 3 aliphatic rings. The molecule has 1 aliphatic heterocycles. The molecule has 4 rings (SSSR count). The number of aromatic hydroxyl groups is 1. The second-order valence-corrected chi connectivity index (χ2v) is 5.95. The fourth-order valence-corrected chi connectivity index (χ4v) is 4.09. The number of allylic oxidation sites excluding steroid dienone is 1. The van der Waals surface area contributed by atoms with E-state index in [1.807, 2.05) is 12.1 Å². The van der Waals surface area contributed by atoms with Crippen molar-refractivity contribution in [1.82, 2.24) is 5.32 Å². The summed E-state index contributed by atoms with van der Waals surface area (Å²) < 4.78 is 0. The van der Waals surface area contributed by atoms with Crippen molar-refractivity contribution in [1.29, 1.82) is 0 Å². The Balaban J connectivity index is 1.77. The highest BCUT2D eigenvalue weighted by atomic mass is 16.3. The molecule has 1 aromatic rings. The first-order valence-corrected chi connectivity index (χ1v) is 7.12. The van der Waals surface area contributed by atoms with Crippen LogP contribution in [0.25, 0.3) is 5.70 Å². The summed E-state index contributed by atoms with van der Waals surface area (Å²) in [6, 6.07) is 5.83. The molecule has 0 aromatic heterocycles. The van der Waals surface area contributed by atoms with Crippen LogP contribution in [0.4, 0.5) is 0 Å². The van der Waals surface area contributed by atoms with E-state index >= 15 is 0 Å². The summed E-state index contributed by atoms with van der Waals surface area (Å²) >= 11 is 0. The molecule has 1 saturated carbocycles. The third kappa shape index (κ3) is 1.41. The van der Waals surface area contributed by atoms with Gasteiger partial charge in [-0.25, -0.2) is 0 Å². The Hall–Kier alpha value is -1.44. The van der Waals surface area contributed by atoms with E-state index in [1.165, 1.54) is 42.5 Å². The van der Waals surface area contributed by atoms with E-state index in [-0.39, 0.29) is 0 Å². The summed E-state index contributed by atoms with van der Waals surface area (Å²) in [5.74, 6) is 2.03. The van der Waals surface area contributed by atoms with Crippen LogP contribution in [0.5, 0.6) is 5.75 Å². The minimum atomic E-state index is 0.384. The molecule has 0 bridgehead atoms. The van der Waals surface area contributed by atoms with Crippen molar-refractivity contribution >= 4 is 5.70 Å². The van der Waals surface area contributed by atoms with Gasteiger partial charge in [0.25, 0.3) is 0 Å². The van der Waals surface area contributed by atoms with Crippen molar-refractivity contribution in [3.63, 3.8) is 0 Å². The first-order chi connectivity index (χ1) is 8.83. The number of phenols is 1. The number of phenolic OH excluding ortho intramolecular Hbond substituents is 1. The molecule has 2 aliphatic carbocycles. The zero-order valence-electron chi connectivity index (χ0n) is 10.6. The Labute approximate surface area is 108 Å². The van der Waals surface area contributed by atoms with Gasteiger partial charge in [-0.15, -0.1) is 0 Å². The van der Waals surface area contributed by atoms with Crippen LogP contribution in [0.3, 0.4) is 0 Å². The molecule has 2 heteroatoms. The summed E-state index contributed by atoms with van der Waals surface area (Å²) in [6.07, 6.45) is 6.64. The predicted molar refractivity (Wildman–Crippen MR) is 72.2 cm³/mol. The van der Waals surface area contributed by atoms with Crippen LogP contribution >= 0.6 is 0 Å². The molecule has 1 fully saturated rings.